The van der Waals surface area contributed by atoms with Crippen molar-refractivity contribution in [2.45, 2.75) is 32.4 Å². The van der Waals surface area contributed by atoms with Gasteiger partial charge in [-0.05, 0) is 48.2 Å². The lowest BCUT2D eigenvalue weighted by atomic mass is 9.85. The molecule has 0 saturated carbocycles. The number of nitrogens with zero attached hydrogens (tertiary/aromatic N) is 3. The first-order valence-corrected chi connectivity index (χ1v) is 11.8. The van der Waals surface area contributed by atoms with Crippen molar-refractivity contribution in [3.63, 3.8) is 0 Å². The lowest BCUT2D eigenvalue weighted by Crippen LogP contribution is -2.60. The number of hydrogen-bond acceptors (Lipinski definition) is 5. The van der Waals surface area contributed by atoms with Gasteiger partial charge in [0.05, 0.1) is 5.69 Å². The van der Waals surface area contributed by atoms with Crippen LogP contribution in [-0.4, -0.2) is 52.5 Å². The van der Waals surface area contributed by atoms with Crippen molar-refractivity contribution in [1.82, 2.24) is 14.8 Å². The van der Waals surface area contributed by atoms with E-state index in [-0.39, 0.29) is 17.4 Å². The normalized spacial score (nSPS) is 18.3. The maximum atomic E-state index is 13.9. The van der Waals surface area contributed by atoms with E-state index in [0.29, 0.717) is 49.5 Å². The molecular formula is C28H28FN3O2. The fourth-order valence-corrected chi connectivity index (χ4v) is 5.19. The second kappa shape index (κ2) is 8.85. The standard InChI is InChI=1S/C28H28FN3O2/c1-3-20-9-11-25(30-17-20)28(26(33)23-6-4-5-7-24(23)27(28)34)32-14-12-31(13-15-32)18-21-16-22(29)10-8-19(21)2/h4-11,16-17H,3,12-15,18H2,1-2H3. The summed E-state index contributed by atoms with van der Waals surface area (Å²) >= 11 is 0. The Bertz CT molecular complexity index is 1210. The van der Waals surface area contributed by atoms with Crippen molar-refractivity contribution in [2.75, 3.05) is 26.2 Å². The Hall–Kier alpha value is -3.22. The van der Waals surface area contributed by atoms with Gasteiger partial charge in [0, 0.05) is 50.0 Å². The Labute approximate surface area is 199 Å². The molecule has 3 aromatic rings. The molecule has 0 bridgehead atoms. The van der Waals surface area contributed by atoms with Crippen LogP contribution in [0.2, 0.25) is 0 Å². The molecule has 0 N–H and O–H groups in total. The van der Waals surface area contributed by atoms with Crippen LogP contribution in [-0.2, 0) is 18.5 Å². The maximum Gasteiger partial charge on any atom is 0.198 e. The third-order valence-corrected chi connectivity index (χ3v) is 7.23. The van der Waals surface area contributed by atoms with Crippen molar-refractivity contribution in [2.24, 2.45) is 0 Å². The van der Waals surface area contributed by atoms with Crippen molar-refractivity contribution in [1.29, 1.82) is 0 Å². The van der Waals surface area contributed by atoms with Gasteiger partial charge < -0.3 is 0 Å². The summed E-state index contributed by atoms with van der Waals surface area (Å²) in [7, 11) is 0. The molecule has 6 heteroatoms. The van der Waals surface area contributed by atoms with Gasteiger partial charge in [-0.3, -0.25) is 24.4 Å². The van der Waals surface area contributed by atoms with Crippen LogP contribution in [0.5, 0.6) is 0 Å². The minimum absolute atomic E-state index is 0.195. The highest BCUT2D eigenvalue weighted by atomic mass is 19.1. The number of halogens is 1. The summed E-state index contributed by atoms with van der Waals surface area (Å²) in [5.41, 5.74) is 3.06. The summed E-state index contributed by atoms with van der Waals surface area (Å²) in [6, 6.07) is 15.7. The predicted molar refractivity (Wildman–Crippen MR) is 128 cm³/mol. The van der Waals surface area contributed by atoms with E-state index in [2.05, 4.69) is 9.88 Å². The summed E-state index contributed by atoms with van der Waals surface area (Å²) in [4.78, 5) is 36.6. The van der Waals surface area contributed by atoms with E-state index in [4.69, 9.17) is 0 Å². The molecular weight excluding hydrogens is 429 g/mol. The number of benzene rings is 2. The van der Waals surface area contributed by atoms with Crippen LogP contribution < -0.4 is 0 Å². The van der Waals surface area contributed by atoms with Gasteiger partial charge >= 0.3 is 0 Å². The molecule has 1 fully saturated rings. The maximum absolute atomic E-state index is 13.9. The van der Waals surface area contributed by atoms with Crippen LogP contribution in [0.3, 0.4) is 0 Å². The second-order valence-electron chi connectivity index (χ2n) is 9.15. The number of ketones is 2. The Morgan fingerprint density at radius 1 is 0.941 bits per heavy atom. The van der Waals surface area contributed by atoms with Gasteiger partial charge in [-0.25, -0.2) is 4.39 Å². The van der Waals surface area contributed by atoms with Crippen LogP contribution in [0, 0.1) is 12.7 Å². The number of Topliss-reactive ketones (excluding diaryl/α,β-unsaturated/α-hetero) is 2. The molecule has 1 aromatic heterocycles. The third-order valence-electron chi connectivity index (χ3n) is 7.23. The van der Waals surface area contributed by atoms with Gasteiger partial charge in [-0.2, -0.15) is 0 Å². The number of piperazine rings is 1. The fraction of sp³-hybridized carbons (Fsp3) is 0.321. The largest absolute Gasteiger partial charge is 0.297 e. The average molecular weight is 458 g/mol. The van der Waals surface area contributed by atoms with Gasteiger partial charge in [-0.1, -0.05) is 43.3 Å². The number of pyridine rings is 1. The molecule has 1 saturated heterocycles. The minimum atomic E-state index is -1.43. The van der Waals surface area contributed by atoms with E-state index in [9.17, 15) is 14.0 Å². The molecule has 0 radical (unpaired) electrons. The van der Waals surface area contributed by atoms with Gasteiger partial charge in [0.25, 0.3) is 0 Å². The molecule has 5 rings (SSSR count). The zero-order valence-electron chi connectivity index (χ0n) is 19.6. The quantitative estimate of drug-likeness (QED) is 0.538. The van der Waals surface area contributed by atoms with E-state index < -0.39 is 5.54 Å². The molecule has 0 amide bonds. The highest BCUT2D eigenvalue weighted by Crippen LogP contribution is 2.42. The van der Waals surface area contributed by atoms with Gasteiger partial charge in [0.2, 0.25) is 0 Å². The molecule has 1 aliphatic carbocycles. The average Bonchev–Trinajstić information content (AvgIpc) is 3.09. The Morgan fingerprint density at radius 3 is 2.21 bits per heavy atom. The van der Waals surface area contributed by atoms with Crippen LogP contribution in [0.4, 0.5) is 4.39 Å². The molecule has 5 nitrogen and oxygen atoms in total. The molecule has 34 heavy (non-hydrogen) atoms. The molecule has 2 heterocycles. The summed E-state index contributed by atoms with van der Waals surface area (Å²) in [5.74, 6) is -0.627. The monoisotopic (exact) mass is 457 g/mol. The van der Waals surface area contributed by atoms with Crippen LogP contribution in [0.25, 0.3) is 0 Å². The highest BCUT2D eigenvalue weighted by Gasteiger charge is 2.59. The summed E-state index contributed by atoms with van der Waals surface area (Å²) in [6.45, 7) is 7.08. The second-order valence-corrected chi connectivity index (χ2v) is 9.15. The predicted octanol–water partition coefficient (Wildman–Crippen LogP) is 4.18. The molecule has 2 aliphatic rings. The molecule has 174 valence electrons. The molecule has 0 unspecified atom stereocenters. The van der Waals surface area contributed by atoms with Gasteiger partial charge in [0.1, 0.15) is 5.82 Å². The first-order chi connectivity index (χ1) is 16.4. The van der Waals surface area contributed by atoms with Gasteiger partial charge in [0.15, 0.2) is 17.1 Å². The molecule has 0 atom stereocenters. The van der Waals surface area contributed by atoms with Crippen LogP contribution >= 0.6 is 0 Å². The smallest absolute Gasteiger partial charge is 0.198 e. The van der Waals surface area contributed by atoms with E-state index in [1.54, 1.807) is 42.6 Å². The topological polar surface area (TPSA) is 53.5 Å². The summed E-state index contributed by atoms with van der Waals surface area (Å²) in [6.07, 6.45) is 2.60. The number of fused-ring (bicyclic) bond motifs is 1. The van der Waals surface area contributed by atoms with Crippen molar-refractivity contribution >= 4 is 11.6 Å². The molecule has 0 spiro atoms. The minimum Gasteiger partial charge on any atom is -0.297 e. The summed E-state index contributed by atoms with van der Waals surface area (Å²) < 4.78 is 13.8. The first-order valence-electron chi connectivity index (χ1n) is 11.8. The zero-order chi connectivity index (χ0) is 23.9. The van der Waals surface area contributed by atoms with E-state index in [1.807, 2.05) is 30.9 Å². The van der Waals surface area contributed by atoms with Crippen LogP contribution in [0.15, 0.2) is 60.8 Å². The third kappa shape index (κ3) is 3.58. The van der Waals surface area contributed by atoms with E-state index in [0.717, 1.165) is 23.1 Å². The molecule has 2 aromatic carbocycles. The van der Waals surface area contributed by atoms with Crippen LogP contribution in [0.1, 0.15) is 50.0 Å². The van der Waals surface area contributed by atoms with Crippen molar-refractivity contribution < 1.29 is 14.0 Å². The fourth-order valence-electron chi connectivity index (χ4n) is 5.19. The Kier molecular flexibility index (Phi) is 5.88. The molecule has 1 aliphatic heterocycles. The van der Waals surface area contributed by atoms with E-state index >= 15 is 0 Å². The number of hydrogen-bond donors (Lipinski definition) is 0. The summed E-state index contributed by atoms with van der Waals surface area (Å²) in [5, 5.41) is 0. The number of rotatable bonds is 5. The lowest BCUT2D eigenvalue weighted by molar-refractivity contribution is 0.0266. The number of aryl methyl sites for hydroxylation is 2. The first kappa shape index (κ1) is 22.6. The van der Waals surface area contributed by atoms with Crippen molar-refractivity contribution in [3.8, 4) is 0 Å². The highest BCUT2D eigenvalue weighted by molar-refractivity contribution is 6.32. The SMILES string of the molecule is CCc1ccc(C2(N3CCN(Cc4cc(F)ccc4C)CC3)C(=O)c3ccccc3C2=O)nc1. The Balaban J connectivity index is 1.46. The van der Waals surface area contributed by atoms with Gasteiger partial charge in [-0.15, -0.1) is 0 Å². The lowest BCUT2D eigenvalue weighted by Gasteiger charge is -2.43. The zero-order valence-corrected chi connectivity index (χ0v) is 19.6. The van der Waals surface area contributed by atoms with E-state index in [1.165, 1.54) is 6.07 Å². The number of carbonyl (C=O) groups excluding carboxylic acids is 2. The number of aromatic nitrogens is 1. The Morgan fingerprint density at radius 2 is 1.62 bits per heavy atom. The number of carbonyl (C=O) groups is 2. The van der Waals surface area contributed by atoms with Crippen molar-refractivity contribution in [3.05, 3.63) is 100 Å².